The summed E-state index contributed by atoms with van der Waals surface area (Å²) in [5.74, 6) is 0. The van der Waals surface area contributed by atoms with Gasteiger partial charge in [0.1, 0.15) is 5.65 Å². The van der Waals surface area contributed by atoms with E-state index in [1.807, 2.05) is 28.3 Å². The summed E-state index contributed by atoms with van der Waals surface area (Å²) >= 11 is 1.56. The number of pyridine rings is 1. The SMILES string of the molecule is O=Cc1cn(Cc2cscn2)c2ncccc12. The van der Waals surface area contributed by atoms with Crippen molar-refractivity contribution in [3.63, 3.8) is 0 Å². The Labute approximate surface area is 102 Å². The van der Waals surface area contributed by atoms with E-state index in [9.17, 15) is 4.79 Å². The predicted octanol–water partition coefficient (Wildman–Crippen LogP) is 2.35. The fraction of sp³-hybridized carbons (Fsp3) is 0.0833. The Morgan fingerprint density at radius 3 is 3.12 bits per heavy atom. The molecule has 17 heavy (non-hydrogen) atoms. The molecule has 0 radical (unpaired) electrons. The van der Waals surface area contributed by atoms with Gasteiger partial charge >= 0.3 is 0 Å². The molecule has 0 unspecified atom stereocenters. The Bertz CT molecular complexity index is 658. The first-order valence-electron chi connectivity index (χ1n) is 5.14. The molecule has 0 aliphatic heterocycles. The van der Waals surface area contributed by atoms with Crippen molar-refractivity contribution in [1.29, 1.82) is 0 Å². The van der Waals surface area contributed by atoms with Gasteiger partial charge in [0.2, 0.25) is 0 Å². The molecular weight excluding hydrogens is 234 g/mol. The first-order chi connectivity index (χ1) is 8.38. The molecule has 0 atom stereocenters. The molecule has 0 saturated carbocycles. The number of carbonyl (C=O) groups is 1. The highest BCUT2D eigenvalue weighted by Gasteiger charge is 2.09. The monoisotopic (exact) mass is 243 g/mol. The van der Waals surface area contributed by atoms with Crippen LogP contribution in [0.5, 0.6) is 0 Å². The predicted molar refractivity (Wildman–Crippen MR) is 66.3 cm³/mol. The van der Waals surface area contributed by atoms with Gasteiger partial charge in [-0.3, -0.25) is 4.79 Å². The Morgan fingerprint density at radius 2 is 2.35 bits per heavy atom. The van der Waals surface area contributed by atoms with Crippen molar-refractivity contribution in [2.75, 3.05) is 0 Å². The van der Waals surface area contributed by atoms with Crippen molar-refractivity contribution in [1.82, 2.24) is 14.5 Å². The molecule has 3 heterocycles. The van der Waals surface area contributed by atoms with Gasteiger partial charge in [-0.2, -0.15) is 0 Å². The van der Waals surface area contributed by atoms with Crippen molar-refractivity contribution in [3.8, 4) is 0 Å². The van der Waals surface area contributed by atoms with Gasteiger partial charge in [-0.05, 0) is 12.1 Å². The van der Waals surface area contributed by atoms with Gasteiger partial charge in [-0.15, -0.1) is 11.3 Å². The standard InChI is InChI=1S/C12H9N3OS/c16-6-9-4-15(5-10-7-17-8-14-10)12-11(9)2-1-3-13-12/h1-4,6-8H,5H2. The Morgan fingerprint density at radius 1 is 1.41 bits per heavy atom. The van der Waals surface area contributed by atoms with Crippen LogP contribution in [0.3, 0.4) is 0 Å². The van der Waals surface area contributed by atoms with Crippen molar-refractivity contribution < 1.29 is 4.79 Å². The van der Waals surface area contributed by atoms with Crippen LogP contribution in [0.1, 0.15) is 16.1 Å². The minimum Gasteiger partial charge on any atom is -0.326 e. The molecule has 3 aromatic heterocycles. The molecule has 4 nitrogen and oxygen atoms in total. The lowest BCUT2D eigenvalue weighted by atomic mass is 10.2. The number of hydrogen-bond donors (Lipinski definition) is 0. The molecule has 0 aromatic carbocycles. The average molecular weight is 243 g/mol. The number of fused-ring (bicyclic) bond motifs is 1. The average Bonchev–Trinajstić information content (AvgIpc) is 2.98. The zero-order valence-corrected chi connectivity index (χ0v) is 9.72. The molecule has 0 spiro atoms. The molecule has 84 valence electrons. The van der Waals surface area contributed by atoms with E-state index in [0.29, 0.717) is 12.1 Å². The number of carbonyl (C=O) groups excluding carboxylic acids is 1. The zero-order valence-electron chi connectivity index (χ0n) is 8.91. The lowest BCUT2D eigenvalue weighted by Crippen LogP contribution is -1.98. The summed E-state index contributed by atoms with van der Waals surface area (Å²) in [7, 11) is 0. The van der Waals surface area contributed by atoms with E-state index in [4.69, 9.17) is 0 Å². The third kappa shape index (κ3) is 1.74. The second-order valence-corrected chi connectivity index (χ2v) is 4.40. The van der Waals surface area contributed by atoms with Gasteiger partial charge in [-0.1, -0.05) is 0 Å². The lowest BCUT2D eigenvalue weighted by Gasteiger charge is -2.00. The minimum absolute atomic E-state index is 0.644. The van der Waals surface area contributed by atoms with Crippen molar-refractivity contribution in [2.45, 2.75) is 6.54 Å². The van der Waals surface area contributed by atoms with E-state index in [2.05, 4.69) is 9.97 Å². The smallest absolute Gasteiger partial charge is 0.152 e. The normalized spacial score (nSPS) is 10.8. The molecule has 0 N–H and O–H groups in total. The largest absolute Gasteiger partial charge is 0.326 e. The van der Waals surface area contributed by atoms with Crippen molar-refractivity contribution in [2.24, 2.45) is 0 Å². The van der Waals surface area contributed by atoms with Gasteiger partial charge in [0.05, 0.1) is 17.7 Å². The summed E-state index contributed by atoms with van der Waals surface area (Å²) in [5.41, 5.74) is 4.27. The van der Waals surface area contributed by atoms with Crippen LogP contribution in [-0.4, -0.2) is 20.8 Å². The lowest BCUT2D eigenvalue weighted by molar-refractivity contribution is 0.112. The molecular formula is C12H9N3OS. The molecule has 0 saturated heterocycles. The number of aromatic nitrogens is 3. The fourth-order valence-electron chi connectivity index (χ4n) is 1.85. The van der Waals surface area contributed by atoms with Gasteiger partial charge in [0.15, 0.2) is 6.29 Å². The third-order valence-corrected chi connectivity index (χ3v) is 3.24. The summed E-state index contributed by atoms with van der Waals surface area (Å²) in [5, 5.41) is 2.88. The van der Waals surface area contributed by atoms with E-state index in [1.165, 1.54) is 0 Å². The minimum atomic E-state index is 0.644. The molecule has 0 amide bonds. The van der Waals surface area contributed by atoms with E-state index in [-0.39, 0.29) is 0 Å². The second kappa shape index (κ2) is 4.10. The molecule has 5 heteroatoms. The number of rotatable bonds is 3. The topological polar surface area (TPSA) is 47.8 Å². The molecule has 0 aliphatic carbocycles. The van der Waals surface area contributed by atoms with Crippen LogP contribution in [0.4, 0.5) is 0 Å². The number of nitrogens with zero attached hydrogens (tertiary/aromatic N) is 3. The maximum atomic E-state index is 11.0. The Balaban J connectivity index is 2.13. The number of hydrogen-bond acceptors (Lipinski definition) is 4. The van der Waals surface area contributed by atoms with Gasteiger partial charge in [-0.25, -0.2) is 9.97 Å². The highest BCUT2D eigenvalue weighted by molar-refractivity contribution is 7.07. The quantitative estimate of drug-likeness (QED) is 0.663. The highest BCUT2D eigenvalue weighted by atomic mass is 32.1. The van der Waals surface area contributed by atoms with Gasteiger partial charge < -0.3 is 4.57 Å². The maximum Gasteiger partial charge on any atom is 0.152 e. The molecule has 3 rings (SSSR count). The van der Waals surface area contributed by atoms with E-state index in [0.717, 1.165) is 23.0 Å². The zero-order chi connectivity index (χ0) is 11.7. The van der Waals surface area contributed by atoms with Crippen LogP contribution in [-0.2, 0) is 6.54 Å². The van der Waals surface area contributed by atoms with E-state index >= 15 is 0 Å². The summed E-state index contributed by atoms with van der Waals surface area (Å²) in [6.07, 6.45) is 4.42. The van der Waals surface area contributed by atoms with Crippen LogP contribution in [0.2, 0.25) is 0 Å². The first kappa shape index (κ1) is 10.2. The third-order valence-electron chi connectivity index (χ3n) is 2.61. The molecule has 0 aliphatic rings. The van der Waals surface area contributed by atoms with E-state index in [1.54, 1.807) is 23.0 Å². The van der Waals surface area contributed by atoms with Crippen LogP contribution in [0, 0.1) is 0 Å². The van der Waals surface area contributed by atoms with Crippen molar-refractivity contribution in [3.05, 3.63) is 46.7 Å². The highest BCUT2D eigenvalue weighted by Crippen LogP contribution is 2.18. The first-order valence-corrected chi connectivity index (χ1v) is 6.09. The molecule has 0 bridgehead atoms. The summed E-state index contributed by atoms with van der Waals surface area (Å²) in [6.45, 7) is 0.644. The summed E-state index contributed by atoms with van der Waals surface area (Å²) in [4.78, 5) is 19.5. The number of aldehydes is 1. The van der Waals surface area contributed by atoms with Crippen molar-refractivity contribution >= 4 is 28.7 Å². The Kier molecular flexibility index (Phi) is 2.45. The van der Waals surface area contributed by atoms with Gasteiger partial charge in [0.25, 0.3) is 0 Å². The van der Waals surface area contributed by atoms with Crippen LogP contribution in [0.15, 0.2) is 35.4 Å². The second-order valence-electron chi connectivity index (χ2n) is 3.68. The van der Waals surface area contributed by atoms with Gasteiger partial charge in [0, 0.05) is 28.7 Å². The Hall–Kier alpha value is -2.01. The molecule has 0 fully saturated rings. The van der Waals surface area contributed by atoms with E-state index < -0.39 is 0 Å². The summed E-state index contributed by atoms with van der Waals surface area (Å²) in [6, 6.07) is 3.74. The summed E-state index contributed by atoms with van der Waals surface area (Å²) < 4.78 is 1.95. The maximum absolute atomic E-state index is 11.0. The van der Waals surface area contributed by atoms with Crippen LogP contribution >= 0.6 is 11.3 Å². The van der Waals surface area contributed by atoms with Crippen LogP contribution < -0.4 is 0 Å². The molecule has 3 aromatic rings. The fourth-order valence-corrected chi connectivity index (χ4v) is 2.40. The number of thiazole rings is 1. The van der Waals surface area contributed by atoms with Crippen LogP contribution in [0.25, 0.3) is 11.0 Å².